The van der Waals surface area contributed by atoms with Crippen LogP contribution in [-0.2, 0) is 29.3 Å². The van der Waals surface area contributed by atoms with Gasteiger partial charge in [0.2, 0.25) is 11.8 Å². The summed E-state index contributed by atoms with van der Waals surface area (Å²) in [5.41, 5.74) is 0. The molecule has 1 atom stereocenters. The molecular weight excluding hydrogens is 436 g/mol. The van der Waals surface area contributed by atoms with E-state index in [1.807, 2.05) is 0 Å². The van der Waals surface area contributed by atoms with Crippen molar-refractivity contribution < 1.29 is 26.4 Å². The van der Waals surface area contributed by atoms with Gasteiger partial charge in [-0.05, 0) is 36.5 Å². The predicted molar refractivity (Wildman–Crippen MR) is 108 cm³/mol. The number of benzene rings is 2. The van der Waals surface area contributed by atoms with Crippen LogP contribution in [0.2, 0.25) is 0 Å². The minimum Gasteiger partial charge on any atom is -0.302 e. The Morgan fingerprint density at radius 1 is 0.793 bits per heavy atom. The number of sulfone groups is 2. The lowest BCUT2D eigenvalue weighted by Crippen LogP contribution is -2.60. The number of thiocarbonyl (C=S) groups is 1. The van der Waals surface area contributed by atoms with Crippen molar-refractivity contribution in [3.8, 4) is 0 Å². The van der Waals surface area contributed by atoms with Crippen LogP contribution >= 0.6 is 12.2 Å². The van der Waals surface area contributed by atoms with Crippen molar-refractivity contribution in [2.24, 2.45) is 5.92 Å². The van der Waals surface area contributed by atoms with Crippen molar-refractivity contribution in [3.05, 3.63) is 60.7 Å². The van der Waals surface area contributed by atoms with Crippen molar-refractivity contribution in [2.45, 2.75) is 15.0 Å². The van der Waals surface area contributed by atoms with Crippen LogP contribution in [0.25, 0.3) is 0 Å². The van der Waals surface area contributed by atoms with Crippen LogP contribution in [0.4, 0.5) is 0 Å². The van der Waals surface area contributed by atoms with Gasteiger partial charge in [0.1, 0.15) is 11.2 Å². The first-order valence-corrected chi connectivity index (χ1v) is 12.0. The van der Waals surface area contributed by atoms with Gasteiger partial charge in [-0.2, -0.15) is 0 Å². The Hall–Kier alpha value is -2.63. The predicted octanol–water partition coefficient (Wildman–Crippen LogP) is 0.450. The molecule has 0 bridgehead atoms. The first-order chi connectivity index (χ1) is 13.6. The van der Waals surface area contributed by atoms with Crippen LogP contribution in [0.3, 0.4) is 0 Å². The Morgan fingerprint density at radius 2 is 1.24 bits per heavy atom. The van der Waals surface area contributed by atoms with Gasteiger partial charge in [0.15, 0.2) is 24.8 Å². The summed E-state index contributed by atoms with van der Waals surface area (Å²) in [5.74, 6) is -4.67. The smallest absolute Gasteiger partial charge is 0.240 e. The molecule has 0 spiro atoms. The second-order valence-corrected chi connectivity index (χ2v) is 10.9. The van der Waals surface area contributed by atoms with E-state index < -0.39 is 48.4 Å². The Kier molecular flexibility index (Phi) is 5.82. The monoisotopic (exact) mass is 452 g/mol. The van der Waals surface area contributed by atoms with Crippen molar-refractivity contribution >= 4 is 48.8 Å². The molecule has 11 heteroatoms. The summed E-state index contributed by atoms with van der Waals surface area (Å²) in [6, 6.07) is 14.3. The van der Waals surface area contributed by atoms with Crippen LogP contribution in [0.5, 0.6) is 0 Å². The van der Waals surface area contributed by atoms with Crippen LogP contribution in [0.1, 0.15) is 0 Å². The van der Waals surface area contributed by atoms with Crippen LogP contribution in [-0.4, -0.2) is 44.8 Å². The van der Waals surface area contributed by atoms with E-state index in [0.29, 0.717) is 0 Å². The van der Waals surface area contributed by atoms with Gasteiger partial charge in [0.25, 0.3) is 0 Å². The number of hydrogen-bond acceptors (Lipinski definition) is 7. The van der Waals surface area contributed by atoms with Gasteiger partial charge in [-0.3, -0.25) is 9.59 Å². The summed E-state index contributed by atoms with van der Waals surface area (Å²) in [6.45, 7) is 0. The number of amides is 2. The zero-order valence-electron chi connectivity index (χ0n) is 14.8. The molecule has 152 valence electrons. The summed E-state index contributed by atoms with van der Waals surface area (Å²) in [6.07, 6.45) is 0. The van der Waals surface area contributed by atoms with Crippen LogP contribution < -0.4 is 10.6 Å². The maximum Gasteiger partial charge on any atom is 0.240 e. The summed E-state index contributed by atoms with van der Waals surface area (Å²) < 4.78 is 52.3. The average molecular weight is 453 g/mol. The highest BCUT2D eigenvalue weighted by Gasteiger charge is 2.48. The zero-order valence-corrected chi connectivity index (χ0v) is 17.3. The second-order valence-electron chi connectivity index (χ2n) is 6.28. The molecule has 8 nitrogen and oxygen atoms in total. The minimum atomic E-state index is -4.37. The molecule has 0 radical (unpaired) electrons. The molecule has 1 aliphatic rings. The van der Waals surface area contributed by atoms with Gasteiger partial charge in [-0.1, -0.05) is 36.4 Å². The SMILES string of the molecule is O=C1NC(=S)NC(=O)C1C(CS(=O)(=O)c1ccccc1)S(=O)(=O)c1ccccc1. The fourth-order valence-electron chi connectivity index (χ4n) is 2.96. The molecular formula is C18H16N2O6S3. The van der Waals surface area contributed by atoms with Crippen molar-refractivity contribution in [1.82, 2.24) is 10.6 Å². The summed E-state index contributed by atoms with van der Waals surface area (Å²) in [5, 5.41) is 2.27. The first-order valence-electron chi connectivity index (χ1n) is 8.35. The summed E-state index contributed by atoms with van der Waals surface area (Å²) in [4.78, 5) is 24.6. The van der Waals surface area contributed by atoms with Gasteiger partial charge in [-0.15, -0.1) is 0 Å². The molecule has 1 heterocycles. The molecule has 2 amide bonds. The number of nitrogens with one attached hydrogen (secondary N) is 2. The highest BCUT2D eigenvalue weighted by Crippen LogP contribution is 2.27. The van der Waals surface area contributed by atoms with Gasteiger partial charge < -0.3 is 10.6 Å². The third-order valence-electron chi connectivity index (χ3n) is 4.37. The first kappa shape index (κ1) is 21.1. The number of carbonyl (C=O) groups is 2. The second kappa shape index (κ2) is 8.01. The van der Waals surface area contributed by atoms with E-state index in [0.717, 1.165) is 0 Å². The Morgan fingerprint density at radius 3 is 1.72 bits per heavy atom. The molecule has 2 N–H and O–H groups in total. The molecule has 0 saturated carbocycles. The topological polar surface area (TPSA) is 126 Å². The van der Waals surface area contributed by atoms with Crippen LogP contribution in [0, 0.1) is 5.92 Å². The highest BCUT2D eigenvalue weighted by molar-refractivity contribution is 7.95. The lowest BCUT2D eigenvalue weighted by atomic mass is 10.0. The minimum absolute atomic E-state index is 0.111. The lowest BCUT2D eigenvalue weighted by Gasteiger charge is -2.29. The lowest BCUT2D eigenvalue weighted by molar-refractivity contribution is -0.134. The third-order valence-corrected chi connectivity index (χ3v) is 8.74. The number of hydrogen-bond donors (Lipinski definition) is 2. The van der Waals surface area contributed by atoms with Gasteiger partial charge in [0, 0.05) is 0 Å². The van der Waals surface area contributed by atoms with Gasteiger partial charge >= 0.3 is 0 Å². The molecule has 1 unspecified atom stereocenters. The van der Waals surface area contributed by atoms with Crippen molar-refractivity contribution in [3.63, 3.8) is 0 Å². The highest BCUT2D eigenvalue weighted by atomic mass is 32.2. The molecule has 0 aromatic heterocycles. The molecule has 2 aromatic rings. The fraction of sp³-hybridized carbons (Fsp3) is 0.167. The van der Waals surface area contributed by atoms with E-state index in [2.05, 4.69) is 10.6 Å². The number of carbonyl (C=O) groups excluding carboxylic acids is 2. The standard InChI is InChI=1S/C18H16N2O6S3/c21-16-15(17(22)20-18(27)19-16)14(29(25,26)13-9-5-2-6-10-13)11-28(23,24)12-7-3-1-4-8-12/h1-10,14-15H,11H2,(H2,19,20,21,22,27). The Labute approximate surface area is 173 Å². The summed E-state index contributed by atoms with van der Waals surface area (Å²) in [7, 11) is -8.50. The molecule has 1 aliphatic heterocycles. The molecule has 2 aromatic carbocycles. The maximum atomic E-state index is 13.3. The molecule has 1 saturated heterocycles. The van der Waals surface area contributed by atoms with E-state index in [-0.39, 0.29) is 14.9 Å². The van der Waals surface area contributed by atoms with E-state index in [4.69, 9.17) is 12.2 Å². The average Bonchev–Trinajstić information content (AvgIpc) is 2.68. The summed E-state index contributed by atoms with van der Waals surface area (Å²) >= 11 is 4.74. The largest absolute Gasteiger partial charge is 0.302 e. The van der Waals surface area contributed by atoms with E-state index in [1.165, 1.54) is 48.5 Å². The van der Waals surface area contributed by atoms with Gasteiger partial charge in [0.05, 0.1) is 15.5 Å². The maximum absolute atomic E-state index is 13.3. The third kappa shape index (κ3) is 4.36. The van der Waals surface area contributed by atoms with E-state index in [9.17, 15) is 26.4 Å². The fourth-order valence-corrected chi connectivity index (χ4v) is 7.29. The van der Waals surface area contributed by atoms with Crippen molar-refractivity contribution in [1.29, 1.82) is 0 Å². The quantitative estimate of drug-likeness (QED) is 0.481. The number of rotatable bonds is 6. The van der Waals surface area contributed by atoms with Crippen molar-refractivity contribution in [2.75, 3.05) is 5.75 Å². The molecule has 29 heavy (non-hydrogen) atoms. The Balaban J connectivity index is 2.11. The van der Waals surface area contributed by atoms with E-state index >= 15 is 0 Å². The molecule has 3 rings (SSSR count). The molecule has 0 aliphatic carbocycles. The normalized spacial score (nSPS) is 16.8. The van der Waals surface area contributed by atoms with E-state index in [1.54, 1.807) is 12.1 Å². The van der Waals surface area contributed by atoms with Gasteiger partial charge in [-0.25, -0.2) is 16.8 Å². The molecule has 1 fully saturated rings. The van der Waals surface area contributed by atoms with Crippen LogP contribution in [0.15, 0.2) is 70.5 Å². The Bertz CT molecular complexity index is 1140. The zero-order chi connectivity index (χ0) is 21.2.